The molecule has 0 unspecified atom stereocenters. The Morgan fingerprint density at radius 1 is 1.00 bits per heavy atom. The molecule has 1 amide bonds. The van der Waals surface area contributed by atoms with Gasteiger partial charge in [-0.25, -0.2) is 0 Å². The molecule has 2 aromatic rings. The number of hydrogen-bond donors (Lipinski definition) is 1. The van der Waals surface area contributed by atoms with Crippen LogP contribution in [0.4, 0.5) is 5.69 Å². The number of nitrogens with one attached hydrogen (secondary N) is 1. The number of para-hydroxylation sites is 1. The summed E-state index contributed by atoms with van der Waals surface area (Å²) >= 11 is 0. The maximum atomic E-state index is 12.1. The lowest BCUT2D eigenvalue weighted by Crippen LogP contribution is -2.37. The third kappa shape index (κ3) is 6.24. The first-order chi connectivity index (χ1) is 12.1. The predicted octanol–water partition coefficient (Wildman–Crippen LogP) is 3.32. The molecule has 0 radical (unpaired) electrons. The minimum atomic E-state index is 0.0765. The van der Waals surface area contributed by atoms with Gasteiger partial charge in [0.25, 0.3) is 0 Å². The highest BCUT2D eigenvalue weighted by atomic mass is 16.2. The Kier molecular flexibility index (Phi) is 7.48. The van der Waals surface area contributed by atoms with Crippen molar-refractivity contribution in [3.05, 3.63) is 66.2 Å². The van der Waals surface area contributed by atoms with E-state index < -0.39 is 0 Å². The quantitative estimate of drug-likeness (QED) is 0.712. The minimum absolute atomic E-state index is 0.0765. The molecule has 134 valence electrons. The van der Waals surface area contributed by atoms with Crippen LogP contribution in [0.5, 0.6) is 0 Å². The van der Waals surface area contributed by atoms with E-state index in [1.54, 1.807) is 0 Å². The maximum absolute atomic E-state index is 12.1. The number of nitrogens with zero attached hydrogens (tertiary/aromatic N) is 2. The molecule has 4 heteroatoms. The average molecular weight is 339 g/mol. The summed E-state index contributed by atoms with van der Waals surface area (Å²) in [6.07, 6.45) is 0.926. The number of hydrogen-bond acceptors (Lipinski definition) is 3. The van der Waals surface area contributed by atoms with Crippen molar-refractivity contribution in [1.82, 2.24) is 10.2 Å². The normalized spacial score (nSPS) is 12.0. The second kappa shape index (κ2) is 9.84. The minimum Gasteiger partial charge on any atom is -0.375 e. The number of rotatable bonds is 9. The molecule has 1 atom stereocenters. The van der Waals surface area contributed by atoms with Crippen LogP contribution in [0, 0.1) is 0 Å². The maximum Gasteiger partial charge on any atom is 0.234 e. The number of carbonyl (C=O) groups excluding carboxylic acids is 1. The van der Waals surface area contributed by atoms with E-state index in [2.05, 4.69) is 53.4 Å². The molecule has 1 N–H and O–H groups in total. The molecule has 0 heterocycles. The molecular weight excluding hydrogens is 310 g/mol. The molecule has 4 nitrogen and oxygen atoms in total. The van der Waals surface area contributed by atoms with Crippen LogP contribution in [0.25, 0.3) is 0 Å². The van der Waals surface area contributed by atoms with Crippen LogP contribution in [0.15, 0.2) is 60.7 Å². The van der Waals surface area contributed by atoms with Crippen LogP contribution in [0.1, 0.15) is 24.9 Å². The Bertz CT molecular complexity index is 630. The van der Waals surface area contributed by atoms with E-state index in [1.807, 2.05) is 43.4 Å². The largest absolute Gasteiger partial charge is 0.375 e. The van der Waals surface area contributed by atoms with Crippen LogP contribution in [0.2, 0.25) is 0 Å². The Labute approximate surface area is 151 Å². The molecule has 2 aromatic carbocycles. The lowest BCUT2D eigenvalue weighted by atomic mass is 10.1. The van der Waals surface area contributed by atoms with E-state index in [0.29, 0.717) is 13.1 Å². The highest BCUT2D eigenvalue weighted by Gasteiger charge is 2.14. The fourth-order valence-electron chi connectivity index (χ4n) is 2.76. The van der Waals surface area contributed by atoms with Crippen molar-refractivity contribution in [3.63, 3.8) is 0 Å². The van der Waals surface area contributed by atoms with Crippen molar-refractivity contribution in [3.8, 4) is 0 Å². The smallest absolute Gasteiger partial charge is 0.234 e. The van der Waals surface area contributed by atoms with E-state index >= 15 is 0 Å². The van der Waals surface area contributed by atoms with E-state index in [1.165, 1.54) is 11.3 Å². The number of amides is 1. The summed E-state index contributed by atoms with van der Waals surface area (Å²) < 4.78 is 0. The van der Waals surface area contributed by atoms with E-state index in [-0.39, 0.29) is 11.9 Å². The summed E-state index contributed by atoms with van der Waals surface area (Å²) in [4.78, 5) is 16.4. The molecule has 0 aliphatic heterocycles. The van der Waals surface area contributed by atoms with E-state index in [0.717, 1.165) is 13.0 Å². The zero-order chi connectivity index (χ0) is 18.1. The van der Waals surface area contributed by atoms with Gasteiger partial charge in [-0.2, -0.15) is 0 Å². The third-order valence-corrected chi connectivity index (χ3v) is 4.53. The fourth-order valence-corrected chi connectivity index (χ4v) is 2.76. The molecule has 0 aliphatic carbocycles. The van der Waals surface area contributed by atoms with Crippen molar-refractivity contribution >= 4 is 11.6 Å². The van der Waals surface area contributed by atoms with E-state index in [4.69, 9.17) is 0 Å². The Morgan fingerprint density at radius 2 is 1.60 bits per heavy atom. The van der Waals surface area contributed by atoms with Gasteiger partial charge in [0, 0.05) is 31.9 Å². The third-order valence-electron chi connectivity index (χ3n) is 4.53. The number of likely N-dealkylation sites (N-methyl/N-ethyl adjacent to an activating group) is 1. The molecule has 0 spiro atoms. The van der Waals surface area contributed by atoms with Gasteiger partial charge in [0.15, 0.2) is 0 Å². The second-order valence-electron chi connectivity index (χ2n) is 6.46. The van der Waals surface area contributed by atoms with Gasteiger partial charge in [0.2, 0.25) is 5.91 Å². The molecular formula is C21H29N3O. The van der Waals surface area contributed by atoms with Crippen molar-refractivity contribution in [2.45, 2.75) is 19.4 Å². The molecule has 25 heavy (non-hydrogen) atoms. The van der Waals surface area contributed by atoms with Gasteiger partial charge >= 0.3 is 0 Å². The summed E-state index contributed by atoms with van der Waals surface area (Å²) in [6, 6.07) is 20.8. The van der Waals surface area contributed by atoms with Gasteiger partial charge in [0.1, 0.15) is 0 Å². The first-order valence-electron chi connectivity index (χ1n) is 8.86. The molecule has 0 bridgehead atoms. The number of anilines is 1. The predicted molar refractivity (Wildman–Crippen MR) is 105 cm³/mol. The zero-order valence-corrected chi connectivity index (χ0v) is 15.5. The number of carbonyl (C=O) groups is 1. The van der Waals surface area contributed by atoms with Gasteiger partial charge in [-0.1, -0.05) is 48.5 Å². The second-order valence-corrected chi connectivity index (χ2v) is 6.46. The van der Waals surface area contributed by atoms with Gasteiger partial charge in [0.05, 0.1) is 6.54 Å². The standard InChI is InChI=1S/C21H29N3O/c1-18(19-11-6-4-7-12-19)24(3)17-21(25)22-15-10-16-23(2)20-13-8-5-9-14-20/h4-9,11-14,18H,10,15-17H2,1-3H3,(H,22,25)/t18-/m1/s1. The first kappa shape index (κ1) is 19.0. The van der Waals surface area contributed by atoms with Crippen LogP contribution in [-0.4, -0.2) is 44.5 Å². The molecule has 0 fully saturated rings. The van der Waals surface area contributed by atoms with Gasteiger partial charge in [-0.3, -0.25) is 9.69 Å². The first-order valence-corrected chi connectivity index (χ1v) is 8.86. The van der Waals surface area contributed by atoms with Crippen LogP contribution >= 0.6 is 0 Å². The van der Waals surface area contributed by atoms with E-state index in [9.17, 15) is 4.79 Å². The molecule has 0 saturated heterocycles. The summed E-state index contributed by atoms with van der Waals surface area (Å²) in [5.41, 5.74) is 2.42. The number of benzene rings is 2. The van der Waals surface area contributed by atoms with Crippen molar-refractivity contribution in [1.29, 1.82) is 0 Å². The summed E-state index contributed by atoms with van der Waals surface area (Å²) in [6.45, 7) is 4.14. The van der Waals surface area contributed by atoms with Crippen molar-refractivity contribution in [2.75, 3.05) is 38.6 Å². The van der Waals surface area contributed by atoms with Crippen LogP contribution in [-0.2, 0) is 4.79 Å². The van der Waals surface area contributed by atoms with Gasteiger partial charge < -0.3 is 10.2 Å². The van der Waals surface area contributed by atoms with Crippen molar-refractivity contribution < 1.29 is 4.79 Å². The average Bonchev–Trinajstić information content (AvgIpc) is 2.65. The fraction of sp³-hybridized carbons (Fsp3) is 0.381. The molecule has 2 rings (SSSR count). The zero-order valence-electron chi connectivity index (χ0n) is 15.5. The molecule has 0 aliphatic rings. The van der Waals surface area contributed by atoms with Crippen LogP contribution < -0.4 is 10.2 Å². The topological polar surface area (TPSA) is 35.6 Å². The highest BCUT2D eigenvalue weighted by Crippen LogP contribution is 2.17. The lowest BCUT2D eigenvalue weighted by molar-refractivity contribution is -0.122. The summed E-state index contributed by atoms with van der Waals surface area (Å²) in [5.74, 6) is 0.0765. The SMILES string of the molecule is C[C@H](c1ccccc1)N(C)CC(=O)NCCCN(C)c1ccccc1. The Hall–Kier alpha value is -2.33. The summed E-state index contributed by atoms with van der Waals surface area (Å²) in [7, 11) is 4.06. The summed E-state index contributed by atoms with van der Waals surface area (Å²) in [5, 5.41) is 3.02. The van der Waals surface area contributed by atoms with Crippen LogP contribution in [0.3, 0.4) is 0 Å². The van der Waals surface area contributed by atoms with Gasteiger partial charge in [-0.15, -0.1) is 0 Å². The monoisotopic (exact) mass is 339 g/mol. The highest BCUT2D eigenvalue weighted by molar-refractivity contribution is 5.78. The Morgan fingerprint density at radius 3 is 2.24 bits per heavy atom. The molecule has 0 saturated carbocycles. The Balaban J connectivity index is 1.67. The molecule has 0 aromatic heterocycles. The van der Waals surface area contributed by atoms with Gasteiger partial charge in [-0.05, 0) is 38.1 Å². The lowest BCUT2D eigenvalue weighted by Gasteiger charge is -2.24. The van der Waals surface area contributed by atoms with Crippen molar-refractivity contribution in [2.24, 2.45) is 0 Å².